The van der Waals surface area contributed by atoms with Crippen LogP contribution in [0.25, 0.3) is 0 Å². The minimum absolute atomic E-state index is 0.497. The third kappa shape index (κ3) is 4.87. The van der Waals surface area contributed by atoms with Crippen LogP contribution in [0, 0.1) is 5.92 Å². The van der Waals surface area contributed by atoms with Crippen molar-refractivity contribution >= 4 is 0 Å². The molecule has 0 aromatic carbocycles. The van der Waals surface area contributed by atoms with Crippen molar-refractivity contribution in [3.8, 4) is 0 Å². The van der Waals surface area contributed by atoms with Gasteiger partial charge >= 0.3 is 0 Å². The van der Waals surface area contributed by atoms with E-state index in [0.717, 1.165) is 12.5 Å². The average Bonchev–Trinajstić information content (AvgIpc) is 2.78. The van der Waals surface area contributed by atoms with Crippen LogP contribution in [0.1, 0.15) is 70.6 Å². The zero-order valence-electron chi connectivity index (χ0n) is 11.7. The SMILES string of the molecule is NNC(CCC1CCCO1)CC1CCCCCC1. The van der Waals surface area contributed by atoms with Crippen LogP contribution in [0.2, 0.25) is 0 Å². The summed E-state index contributed by atoms with van der Waals surface area (Å²) >= 11 is 0. The molecular formula is C15H30N2O. The molecule has 2 aliphatic rings. The quantitative estimate of drug-likeness (QED) is 0.435. The summed E-state index contributed by atoms with van der Waals surface area (Å²) in [6.07, 6.45) is 15.2. The summed E-state index contributed by atoms with van der Waals surface area (Å²) < 4.78 is 5.69. The van der Waals surface area contributed by atoms with Gasteiger partial charge in [0.2, 0.25) is 0 Å². The van der Waals surface area contributed by atoms with E-state index in [0.29, 0.717) is 12.1 Å². The molecule has 3 heteroatoms. The molecule has 2 rings (SSSR count). The van der Waals surface area contributed by atoms with E-state index in [1.165, 1.54) is 70.6 Å². The van der Waals surface area contributed by atoms with Crippen LogP contribution in [0.4, 0.5) is 0 Å². The normalized spacial score (nSPS) is 28.2. The maximum absolute atomic E-state index is 5.72. The molecule has 2 atom stereocenters. The summed E-state index contributed by atoms with van der Waals surface area (Å²) in [7, 11) is 0. The molecule has 1 aliphatic heterocycles. The van der Waals surface area contributed by atoms with Crippen molar-refractivity contribution in [1.29, 1.82) is 0 Å². The highest BCUT2D eigenvalue weighted by molar-refractivity contribution is 4.75. The van der Waals surface area contributed by atoms with E-state index in [-0.39, 0.29) is 0 Å². The fourth-order valence-corrected chi connectivity index (χ4v) is 3.53. The summed E-state index contributed by atoms with van der Waals surface area (Å²) in [5.41, 5.74) is 3.04. The summed E-state index contributed by atoms with van der Waals surface area (Å²) in [4.78, 5) is 0. The van der Waals surface area contributed by atoms with Gasteiger partial charge in [-0.3, -0.25) is 11.3 Å². The Kier molecular flexibility index (Phi) is 6.46. The van der Waals surface area contributed by atoms with Crippen LogP contribution in [0.15, 0.2) is 0 Å². The maximum Gasteiger partial charge on any atom is 0.0576 e. The first-order valence-electron chi connectivity index (χ1n) is 7.96. The number of hydrazine groups is 1. The molecule has 2 fully saturated rings. The molecule has 1 saturated carbocycles. The Hall–Kier alpha value is -0.120. The van der Waals surface area contributed by atoms with Gasteiger partial charge < -0.3 is 4.74 Å². The van der Waals surface area contributed by atoms with Crippen LogP contribution in [-0.2, 0) is 4.74 Å². The van der Waals surface area contributed by atoms with Crippen LogP contribution in [0.3, 0.4) is 0 Å². The second kappa shape index (κ2) is 8.13. The lowest BCUT2D eigenvalue weighted by atomic mass is 9.90. The predicted molar refractivity (Wildman–Crippen MR) is 75.1 cm³/mol. The van der Waals surface area contributed by atoms with E-state index < -0.39 is 0 Å². The molecule has 2 unspecified atom stereocenters. The van der Waals surface area contributed by atoms with E-state index in [1.54, 1.807) is 0 Å². The number of nitrogens with one attached hydrogen (secondary N) is 1. The molecule has 106 valence electrons. The molecule has 1 saturated heterocycles. The Balaban J connectivity index is 1.66. The number of nitrogens with two attached hydrogens (primary N) is 1. The first kappa shape index (κ1) is 14.3. The van der Waals surface area contributed by atoms with E-state index in [1.807, 2.05) is 0 Å². The van der Waals surface area contributed by atoms with Crippen molar-refractivity contribution in [2.24, 2.45) is 11.8 Å². The van der Waals surface area contributed by atoms with Gasteiger partial charge in [0.25, 0.3) is 0 Å². The topological polar surface area (TPSA) is 47.3 Å². The highest BCUT2D eigenvalue weighted by Gasteiger charge is 2.20. The first-order valence-corrected chi connectivity index (χ1v) is 7.96. The van der Waals surface area contributed by atoms with Gasteiger partial charge in [0.1, 0.15) is 0 Å². The van der Waals surface area contributed by atoms with Crippen molar-refractivity contribution in [3.05, 3.63) is 0 Å². The maximum atomic E-state index is 5.72. The van der Waals surface area contributed by atoms with Gasteiger partial charge in [-0.2, -0.15) is 0 Å². The Labute approximate surface area is 112 Å². The van der Waals surface area contributed by atoms with Gasteiger partial charge in [-0.05, 0) is 38.0 Å². The van der Waals surface area contributed by atoms with Gasteiger partial charge in [0, 0.05) is 12.6 Å². The standard InChI is InChI=1S/C15H30N2O/c16-17-14(9-10-15-8-5-11-18-15)12-13-6-3-1-2-4-7-13/h13-15,17H,1-12,16H2. The lowest BCUT2D eigenvalue weighted by molar-refractivity contribution is 0.0984. The predicted octanol–water partition coefficient (Wildman–Crippen LogP) is 3.14. The van der Waals surface area contributed by atoms with Crippen LogP contribution < -0.4 is 11.3 Å². The van der Waals surface area contributed by atoms with Crippen molar-refractivity contribution in [3.63, 3.8) is 0 Å². The van der Waals surface area contributed by atoms with Gasteiger partial charge in [-0.25, -0.2) is 0 Å². The smallest absolute Gasteiger partial charge is 0.0576 e. The van der Waals surface area contributed by atoms with Crippen molar-refractivity contribution < 1.29 is 4.74 Å². The highest BCUT2D eigenvalue weighted by atomic mass is 16.5. The lowest BCUT2D eigenvalue weighted by Gasteiger charge is -2.23. The van der Waals surface area contributed by atoms with E-state index in [9.17, 15) is 0 Å². The van der Waals surface area contributed by atoms with E-state index in [2.05, 4.69) is 5.43 Å². The van der Waals surface area contributed by atoms with Crippen molar-refractivity contribution in [2.75, 3.05) is 6.61 Å². The third-order valence-corrected chi connectivity index (χ3v) is 4.69. The summed E-state index contributed by atoms with van der Waals surface area (Å²) in [6, 6.07) is 0.497. The lowest BCUT2D eigenvalue weighted by Crippen LogP contribution is -2.37. The van der Waals surface area contributed by atoms with E-state index in [4.69, 9.17) is 10.6 Å². The monoisotopic (exact) mass is 254 g/mol. The van der Waals surface area contributed by atoms with Crippen LogP contribution >= 0.6 is 0 Å². The molecule has 0 radical (unpaired) electrons. The number of rotatable bonds is 6. The summed E-state index contributed by atoms with van der Waals surface area (Å²) in [5, 5.41) is 0. The van der Waals surface area contributed by atoms with Crippen molar-refractivity contribution in [2.45, 2.75) is 82.8 Å². The molecule has 0 spiro atoms. The second-order valence-electron chi connectivity index (χ2n) is 6.17. The van der Waals surface area contributed by atoms with Gasteiger partial charge in [-0.15, -0.1) is 0 Å². The zero-order valence-corrected chi connectivity index (χ0v) is 11.7. The molecule has 0 aromatic rings. The average molecular weight is 254 g/mol. The number of hydrogen-bond donors (Lipinski definition) is 2. The van der Waals surface area contributed by atoms with Gasteiger partial charge in [0.15, 0.2) is 0 Å². The van der Waals surface area contributed by atoms with Crippen molar-refractivity contribution in [1.82, 2.24) is 5.43 Å². The molecule has 3 nitrogen and oxygen atoms in total. The fourth-order valence-electron chi connectivity index (χ4n) is 3.53. The Morgan fingerprint density at radius 3 is 2.44 bits per heavy atom. The molecular weight excluding hydrogens is 224 g/mol. The Morgan fingerprint density at radius 2 is 1.83 bits per heavy atom. The molecule has 1 aliphatic carbocycles. The summed E-state index contributed by atoms with van der Waals surface area (Å²) in [5.74, 6) is 6.62. The minimum atomic E-state index is 0.497. The number of ether oxygens (including phenoxy) is 1. The Bertz CT molecular complexity index is 209. The first-order chi connectivity index (χ1) is 8.88. The van der Waals surface area contributed by atoms with Crippen LogP contribution in [-0.4, -0.2) is 18.8 Å². The van der Waals surface area contributed by atoms with Crippen LogP contribution in [0.5, 0.6) is 0 Å². The molecule has 1 heterocycles. The largest absolute Gasteiger partial charge is 0.378 e. The second-order valence-corrected chi connectivity index (χ2v) is 6.17. The highest BCUT2D eigenvalue weighted by Crippen LogP contribution is 2.28. The number of hydrogen-bond acceptors (Lipinski definition) is 3. The fraction of sp³-hybridized carbons (Fsp3) is 1.00. The molecule has 3 N–H and O–H groups in total. The molecule has 18 heavy (non-hydrogen) atoms. The minimum Gasteiger partial charge on any atom is -0.378 e. The third-order valence-electron chi connectivity index (χ3n) is 4.69. The zero-order chi connectivity index (χ0) is 12.6. The molecule has 0 aromatic heterocycles. The van der Waals surface area contributed by atoms with E-state index >= 15 is 0 Å². The molecule has 0 amide bonds. The Morgan fingerprint density at radius 1 is 1.06 bits per heavy atom. The van der Waals surface area contributed by atoms with Gasteiger partial charge in [0.05, 0.1) is 6.10 Å². The summed E-state index contributed by atoms with van der Waals surface area (Å²) in [6.45, 7) is 0.966. The van der Waals surface area contributed by atoms with Gasteiger partial charge in [-0.1, -0.05) is 38.5 Å². The molecule has 0 bridgehead atoms.